The molecule has 4 nitrogen and oxygen atoms in total. The van der Waals surface area contributed by atoms with E-state index in [1.807, 2.05) is 0 Å². The largest absolute Gasteiger partial charge is 0.368 e. The van der Waals surface area contributed by atoms with Crippen molar-refractivity contribution in [2.75, 3.05) is 0 Å². The number of benzene rings is 2. The van der Waals surface area contributed by atoms with Gasteiger partial charge in [-0.25, -0.2) is 8.78 Å². The molecule has 3 N–H and O–H groups in total. The molecule has 126 valence electrons. The molecule has 24 heavy (non-hydrogen) atoms. The minimum atomic E-state index is -1.09. The van der Waals surface area contributed by atoms with Crippen LogP contribution in [0.1, 0.15) is 15.9 Å². The summed E-state index contributed by atoms with van der Waals surface area (Å²) in [5, 5.41) is 2.80. The maximum atomic E-state index is 13.7. The fourth-order valence-corrected chi connectivity index (χ4v) is 2.66. The van der Waals surface area contributed by atoms with E-state index in [9.17, 15) is 18.4 Å². The smallest absolute Gasteiger partial charge is 0.254 e. The summed E-state index contributed by atoms with van der Waals surface area (Å²) in [5.74, 6) is -3.50. The molecule has 2 aromatic carbocycles. The van der Waals surface area contributed by atoms with E-state index < -0.39 is 29.5 Å². The Morgan fingerprint density at radius 2 is 1.92 bits per heavy atom. The molecular weight excluding hydrogens is 406 g/mol. The molecule has 2 aromatic rings. The van der Waals surface area contributed by atoms with Crippen LogP contribution in [0.25, 0.3) is 0 Å². The lowest BCUT2D eigenvalue weighted by Gasteiger charge is -2.17. The summed E-state index contributed by atoms with van der Waals surface area (Å²) < 4.78 is 27.2. The molecule has 0 aliphatic rings. The van der Waals surface area contributed by atoms with E-state index in [0.29, 0.717) is 21.1 Å². The van der Waals surface area contributed by atoms with Crippen molar-refractivity contribution in [1.82, 2.24) is 5.32 Å². The van der Waals surface area contributed by atoms with Crippen molar-refractivity contribution in [3.8, 4) is 0 Å². The Bertz CT molecular complexity index is 802. The van der Waals surface area contributed by atoms with Gasteiger partial charge >= 0.3 is 0 Å². The lowest BCUT2D eigenvalue weighted by Crippen LogP contribution is -2.46. The van der Waals surface area contributed by atoms with Crippen molar-refractivity contribution in [3.63, 3.8) is 0 Å². The molecule has 0 spiro atoms. The summed E-state index contributed by atoms with van der Waals surface area (Å²) in [6, 6.07) is 6.40. The zero-order valence-electron chi connectivity index (χ0n) is 12.2. The van der Waals surface area contributed by atoms with Crippen LogP contribution in [-0.4, -0.2) is 17.9 Å². The highest BCUT2D eigenvalue weighted by molar-refractivity contribution is 9.10. The van der Waals surface area contributed by atoms with E-state index in [0.717, 1.165) is 12.1 Å². The summed E-state index contributed by atoms with van der Waals surface area (Å²) >= 11 is 9.22. The lowest BCUT2D eigenvalue weighted by atomic mass is 10.0. The number of carbonyl (C=O) groups is 2. The highest BCUT2D eigenvalue weighted by Crippen LogP contribution is 2.22. The summed E-state index contributed by atoms with van der Waals surface area (Å²) in [6.07, 6.45) is 0.0605. The van der Waals surface area contributed by atoms with Crippen LogP contribution in [0.2, 0.25) is 5.02 Å². The summed E-state index contributed by atoms with van der Waals surface area (Å²) in [7, 11) is 0. The third-order valence-corrected chi connectivity index (χ3v) is 4.27. The first kappa shape index (κ1) is 18.4. The highest BCUT2D eigenvalue weighted by atomic mass is 79.9. The van der Waals surface area contributed by atoms with Crippen LogP contribution in [0.15, 0.2) is 40.9 Å². The fraction of sp³-hybridized carbons (Fsp3) is 0.125. The van der Waals surface area contributed by atoms with E-state index in [1.54, 1.807) is 18.2 Å². The predicted octanol–water partition coefficient (Wildman–Crippen LogP) is 3.21. The number of primary amides is 1. The molecule has 0 saturated heterocycles. The normalized spacial score (nSPS) is 11.8. The SMILES string of the molecule is NC(=O)[C@@H](Cc1cc(Cl)ccc1Br)NC(=O)c1ccc(F)cc1F. The van der Waals surface area contributed by atoms with Gasteiger partial charge in [-0.15, -0.1) is 0 Å². The lowest BCUT2D eigenvalue weighted by molar-refractivity contribution is -0.119. The number of halogens is 4. The van der Waals surface area contributed by atoms with Gasteiger partial charge in [-0.3, -0.25) is 9.59 Å². The molecule has 0 heterocycles. The third kappa shape index (κ3) is 4.52. The standard InChI is InChI=1S/C16H12BrClF2N2O2/c17-12-4-1-9(18)5-8(12)6-14(15(21)23)22-16(24)11-3-2-10(19)7-13(11)20/h1-5,7,14H,6H2,(H2,21,23)(H,22,24)/t14-/m1/s1. The van der Waals surface area contributed by atoms with Gasteiger partial charge in [0.15, 0.2) is 0 Å². The molecule has 0 radical (unpaired) electrons. The Morgan fingerprint density at radius 3 is 2.54 bits per heavy atom. The van der Waals surface area contributed by atoms with Gasteiger partial charge in [-0.05, 0) is 35.9 Å². The molecule has 0 unspecified atom stereocenters. The zero-order chi connectivity index (χ0) is 17.9. The van der Waals surface area contributed by atoms with Crippen molar-refractivity contribution >= 4 is 39.3 Å². The molecule has 0 aliphatic carbocycles. The molecule has 0 aliphatic heterocycles. The van der Waals surface area contributed by atoms with Crippen LogP contribution in [0, 0.1) is 11.6 Å². The number of nitrogens with one attached hydrogen (secondary N) is 1. The minimum absolute atomic E-state index is 0.0605. The molecule has 2 amide bonds. The summed E-state index contributed by atoms with van der Waals surface area (Å²) in [6.45, 7) is 0. The van der Waals surface area contributed by atoms with Gasteiger partial charge in [-0.2, -0.15) is 0 Å². The average molecular weight is 418 g/mol. The van der Waals surface area contributed by atoms with Gasteiger partial charge < -0.3 is 11.1 Å². The Hall–Kier alpha value is -1.99. The van der Waals surface area contributed by atoms with Crippen LogP contribution in [-0.2, 0) is 11.2 Å². The summed E-state index contributed by atoms with van der Waals surface area (Å²) in [4.78, 5) is 23.7. The quantitative estimate of drug-likeness (QED) is 0.784. The second-order valence-electron chi connectivity index (χ2n) is 4.99. The minimum Gasteiger partial charge on any atom is -0.368 e. The third-order valence-electron chi connectivity index (χ3n) is 3.26. The maximum absolute atomic E-state index is 13.7. The number of nitrogens with two attached hydrogens (primary N) is 1. The van der Waals surface area contributed by atoms with Gasteiger partial charge in [-0.1, -0.05) is 27.5 Å². The van der Waals surface area contributed by atoms with Crippen molar-refractivity contribution in [1.29, 1.82) is 0 Å². The van der Waals surface area contributed by atoms with E-state index >= 15 is 0 Å². The van der Waals surface area contributed by atoms with Crippen LogP contribution in [0.5, 0.6) is 0 Å². The Balaban J connectivity index is 2.21. The van der Waals surface area contributed by atoms with Gasteiger partial charge in [0.25, 0.3) is 5.91 Å². The average Bonchev–Trinajstić information content (AvgIpc) is 2.49. The molecular formula is C16H12BrClF2N2O2. The van der Waals surface area contributed by atoms with Crippen LogP contribution in [0.4, 0.5) is 8.78 Å². The zero-order valence-corrected chi connectivity index (χ0v) is 14.5. The van der Waals surface area contributed by atoms with Crippen molar-refractivity contribution in [2.45, 2.75) is 12.5 Å². The van der Waals surface area contributed by atoms with E-state index in [4.69, 9.17) is 17.3 Å². The first-order chi connectivity index (χ1) is 11.3. The van der Waals surface area contributed by atoms with Crippen molar-refractivity contribution < 1.29 is 18.4 Å². The van der Waals surface area contributed by atoms with Gasteiger partial charge in [0, 0.05) is 22.0 Å². The van der Waals surface area contributed by atoms with Crippen LogP contribution in [0.3, 0.4) is 0 Å². The monoisotopic (exact) mass is 416 g/mol. The number of amides is 2. The van der Waals surface area contributed by atoms with E-state index in [-0.39, 0.29) is 12.0 Å². The molecule has 0 saturated carbocycles. The van der Waals surface area contributed by atoms with Crippen LogP contribution < -0.4 is 11.1 Å². The van der Waals surface area contributed by atoms with Gasteiger partial charge in [0.1, 0.15) is 17.7 Å². The number of carbonyl (C=O) groups excluding carboxylic acids is 2. The van der Waals surface area contributed by atoms with E-state index in [1.165, 1.54) is 0 Å². The van der Waals surface area contributed by atoms with Crippen molar-refractivity contribution in [2.24, 2.45) is 5.73 Å². The fourth-order valence-electron chi connectivity index (χ4n) is 2.05. The Labute approximate surface area is 150 Å². The predicted molar refractivity (Wildman–Crippen MR) is 89.7 cm³/mol. The highest BCUT2D eigenvalue weighted by Gasteiger charge is 2.22. The van der Waals surface area contributed by atoms with Crippen LogP contribution >= 0.6 is 27.5 Å². The number of hydrogen-bond acceptors (Lipinski definition) is 2. The molecule has 0 bridgehead atoms. The molecule has 0 fully saturated rings. The number of rotatable bonds is 5. The molecule has 0 aromatic heterocycles. The maximum Gasteiger partial charge on any atom is 0.254 e. The first-order valence-electron chi connectivity index (χ1n) is 6.77. The molecule has 1 atom stereocenters. The van der Waals surface area contributed by atoms with Gasteiger partial charge in [0.05, 0.1) is 5.56 Å². The topological polar surface area (TPSA) is 72.2 Å². The second-order valence-corrected chi connectivity index (χ2v) is 6.28. The van der Waals surface area contributed by atoms with Crippen molar-refractivity contribution in [3.05, 3.63) is 68.7 Å². The number of hydrogen-bond donors (Lipinski definition) is 2. The second kappa shape index (κ2) is 7.72. The van der Waals surface area contributed by atoms with Gasteiger partial charge in [0.2, 0.25) is 5.91 Å². The Kier molecular flexibility index (Phi) is 5.90. The van der Waals surface area contributed by atoms with E-state index in [2.05, 4.69) is 21.2 Å². The Morgan fingerprint density at radius 1 is 1.21 bits per heavy atom. The first-order valence-corrected chi connectivity index (χ1v) is 7.94. The molecule has 8 heteroatoms. The summed E-state index contributed by atoms with van der Waals surface area (Å²) in [5.41, 5.74) is 5.57. The molecule has 2 rings (SSSR count).